The number of carbonyl (C=O) groups excluding carboxylic acids is 1. The normalized spacial score (nSPS) is 16.1. The first-order valence-electron chi connectivity index (χ1n) is 9.91. The maximum absolute atomic E-state index is 13.1. The number of nitrogens with zero attached hydrogens (tertiary/aromatic N) is 6. The SMILES string of the molecule is O=CN(O)CCCC(CS(=O)(=O)N1CCN(c2ccc(Br)cn2)CC1)c1ncccn1. The van der Waals surface area contributed by atoms with Gasteiger partial charge >= 0.3 is 0 Å². The Labute approximate surface area is 190 Å². The summed E-state index contributed by atoms with van der Waals surface area (Å²) in [5.74, 6) is 0.705. The minimum Gasteiger partial charge on any atom is -0.354 e. The summed E-state index contributed by atoms with van der Waals surface area (Å²) in [7, 11) is -3.55. The highest BCUT2D eigenvalue weighted by atomic mass is 79.9. The van der Waals surface area contributed by atoms with Crippen LogP contribution in [0.15, 0.2) is 41.3 Å². The highest BCUT2D eigenvalue weighted by molar-refractivity contribution is 9.10. The molecule has 10 nitrogen and oxygen atoms in total. The summed E-state index contributed by atoms with van der Waals surface area (Å²) >= 11 is 3.36. The lowest BCUT2D eigenvalue weighted by Gasteiger charge is -2.35. The van der Waals surface area contributed by atoms with Crippen molar-refractivity contribution in [2.45, 2.75) is 18.8 Å². The fraction of sp³-hybridized carbons (Fsp3) is 0.474. The molecule has 31 heavy (non-hydrogen) atoms. The third kappa shape index (κ3) is 6.66. The Hall–Kier alpha value is -2.15. The van der Waals surface area contributed by atoms with Gasteiger partial charge in [0.25, 0.3) is 0 Å². The molecule has 1 saturated heterocycles. The van der Waals surface area contributed by atoms with Crippen LogP contribution in [0.25, 0.3) is 0 Å². The van der Waals surface area contributed by atoms with E-state index in [1.807, 2.05) is 12.1 Å². The summed E-state index contributed by atoms with van der Waals surface area (Å²) in [6.07, 6.45) is 6.06. The fourth-order valence-corrected chi connectivity index (χ4v) is 5.46. The van der Waals surface area contributed by atoms with Crippen LogP contribution in [0.2, 0.25) is 0 Å². The molecular formula is C19H25BrN6O4S. The molecule has 168 valence electrons. The summed E-state index contributed by atoms with van der Waals surface area (Å²) < 4.78 is 28.6. The van der Waals surface area contributed by atoms with Crippen LogP contribution in [0, 0.1) is 0 Å². The van der Waals surface area contributed by atoms with E-state index in [9.17, 15) is 18.4 Å². The van der Waals surface area contributed by atoms with Crippen LogP contribution < -0.4 is 4.90 Å². The molecule has 0 aliphatic carbocycles. The van der Waals surface area contributed by atoms with Gasteiger partial charge in [-0.2, -0.15) is 4.31 Å². The van der Waals surface area contributed by atoms with Crippen molar-refractivity contribution < 1.29 is 18.4 Å². The Balaban J connectivity index is 1.63. The van der Waals surface area contributed by atoms with Gasteiger partial charge in [-0.1, -0.05) is 0 Å². The zero-order valence-electron chi connectivity index (χ0n) is 16.9. The van der Waals surface area contributed by atoms with Crippen molar-refractivity contribution >= 4 is 38.2 Å². The Morgan fingerprint density at radius 1 is 1.16 bits per heavy atom. The number of halogens is 1. The van der Waals surface area contributed by atoms with E-state index in [1.54, 1.807) is 24.7 Å². The third-order valence-electron chi connectivity index (χ3n) is 5.09. The Kier molecular flexibility index (Phi) is 8.29. The molecule has 0 saturated carbocycles. The zero-order valence-corrected chi connectivity index (χ0v) is 19.3. The van der Waals surface area contributed by atoms with Crippen LogP contribution in [-0.2, 0) is 14.8 Å². The predicted octanol–water partition coefficient (Wildman–Crippen LogP) is 1.50. The average molecular weight is 513 g/mol. The van der Waals surface area contributed by atoms with Crippen LogP contribution in [0.1, 0.15) is 24.6 Å². The second-order valence-corrected chi connectivity index (χ2v) is 10.1. The van der Waals surface area contributed by atoms with Crippen LogP contribution >= 0.6 is 15.9 Å². The summed E-state index contributed by atoms with van der Waals surface area (Å²) in [6.45, 7) is 1.97. The molecule has 1 N–H and O–H groups in total. The second kappa shape index (κ2) is 10.9. The number of pyridine rings is 1. The quantitative estimate of drug-likeness (QED) is 0.288. The lowest BCUT2D eigenvalue weighted by molar-refractivity contribution is -0.149. The minimum absolute atomic E-state index is 0.117. The maximum Gasteiger partial charge on any atom is 0.233 e. The molecule has 2 aromatic heterocycles. The summed E-state index contributed by atoms with van der Waals surface area (Å²) in [5.41, 5.74) is 0. The number of amides is 1. The molecule has 1 amide bonds. The predicted molar refractivity (Wildman–Crippen MR) is 118 cm³/mol. The van der Waals surface area contributed by atoms with Crippen LogP contribution in [0.5, 0.6) is 0 Å². The fourth-order valence-electron chi connectivity index (χ4n) is 3.47. The number of hydrogen-bond donors (Lipinski definition) is 1. The molecule has 1 aliphatic rings. The monoisotopic (exact) mass is 512 g/mol. The van der Waals surface area contributed by atoms with Crippen molar-refractivity contribution in [2.75, 3.05) is 43.4 Å². The molecule has 3 heterocycles. The first-order valence-corrected chi connectivity index (χ1v) is 12.3. The van der Waals surface area contributed by atoms with Gasteiger partial charge in [0.05, 0.1) is 5.75 Å². The van der Waals surface area contributed by atoms with Crippen molar-refractivity contribution in [2.24, 2.45) is 0 Å². The number of hydroxylamine groups is 2. The Morgan fingerprint density at radius 2 is 1.87 bits per heavy atom. The Morgan fingerprint density at radius 3 is 2.48 bits per heavy atom. The van der Waals surface area contributed by atoms with E-state index < -0.39 is 15.9 Å². The number of hydrogen-bond acceptors (Lipinski definition) is 8. The summed E-state index contributed by atoms with van der Waals surface area (Å²) in [4.78, 5) is 25.5. The largest absolute Gasteiger partial charge is 0.354 e. The van der Waals surface area contributed by atoms with E-state index >= 15 is 0 Å². The first kappa shape index (κ1) is 23.5. The minimum atomic E-state index is -3.55. The molecule has 0 bridgehead atoms. The van der Waals surface area contributed by atoms with Gasteiger partial charge in [-0.3, -0.25) is 10.0 Å². The molecule has 1 aliphatic heterocycles. The van der Waals surface area contributed by atoms with Crippen molar-refractivity contribution in [3.8, 4) is 0 Å². The zero-order chi connectivity index (χ0) is 22.3. The maximum atomic E-state index is 13.1. The van der Waals surface area contributed by atoms with Gasteiger partial charge in [0.15, 0.2) is 0 Å². The van der Waals surface area contributed by atoms with E-state index in [0.717, 1.165) is 10.3 Å². The number of piperazine rings is 1. The molecule has 0 aromatic carbocycles. The van der Waals surface area contributed by atoms with Crippen molar-refractivity contribution in [3.63, 3.8) is 0 Å². The van der Waals surface area contributed by atoms with Gasteiger partial charge in [0.1, 0.15) is 11.6 Å². The smallest absolute Gasteiger partial charge is 0.233 e. The van der Waals surface area contributed by atoms with Crippen molar-refractivity contribution in [1.29, 1.82) is 0 Å². The van der Waals surface area contributed by atoms with Gasteiger partial charge in [0, 0.05) is 61.7 Å². The van der Waals surface area contributed by atoms with Gasteiger partial charge in [-0.25, -0.2) is 28.4 Å². The van der Waals surface area contributed by atoms with Crippen LogP contribution in [-0.4, -0.2) is 82.8 Å². The number of rotatable bonds is 10. The first-order chi connectivity index (χ1) is 14.9. The van der Waals surface area contributed by atoms with Crippen LogP contribution in [0.3, 0.4) is 0 Å². The number of sulfonamides is 1. The standard InChI is InChI=1S/C19H25BrN6O4S/c20-17-4-5-18(23-13-17)24-9-11-26(12-10-24)31(29,30)14-16(3-1-8-25(28)15-27)19-21-6-2-7-22-19/h2,4-7,13,15-16,28H,1,3,8-12,14H2. The van der Waals surface area contributed by atoms with Crippen LogP contribution in [0.4, 0.5) is 5.82 Å². The molecule has 1 fully saturated rings. The van der Waals surface area contributed by atoms with E-state index in [-0.39, 0.29) is 12.3 Å². The van der Waals surface area contributed by atoms with Crippen molar-refractivity contribution in [3.05, 3.63) is 47.1 Å². The molecule has 1 unspecified atom stereocenters. The molecule has 1 atom stereocenters. The molecular weight excluding hydrogens is 488 g/mol. The van der Waals surface area contributed by atoms with Gasteiger partial charge < -0.3 is 4.90 Å². The lowest BCUT2D eigenvalue weighted by Crippen LogP contribution is -2.50. The highest BCUT2D eigenvalue weighted by Crippen LogP contribution is 2.23. The van der Waals surface area contributed by atoms with Crippen molar-refractivity contribution in [1.82, 2.24) is 24.3 Å². The van der Waals surface area contributed by atoms with Gasteiger partial charge in [0.2, 0.25) is 16.4 Å². The number of anilines is 1. The van der Waals surface area contributed by atoms with E-state index in [2.05, 4.69) is 35.8 Å². The summed E-state index contributed by atoms with van der Waals surface area (Å²) in [6, 6.07) is 5.49. The van der Waals surface area contributed by atoms with E-state index in [0.29, 0.717) is 56.3 Å². The van der Waals surface area contributed by atoms with E-state index in [1.165, 1.54) is 4.31 Å². The lowest BCUT2D eigenvalue weighted by atomic mass is 10.0. The molecule has 0 radical (unpaired) electrons. The second-order valence-electron chi connectivity index (χ2n) is 7.21. The van der Waals surface area contributed by atoms with Gasteiger partial charge in [-0.15, -0.1) is 0 Å². The number of carbonyl (C=O) groups is 1. The van der Waals surface area contributed by atoms with Gasteiger partial charge in [-0.05, 0) is 47.0 Å². The molecule has 3 rings (SSSR count). The molecule has 2 aromatic rings. The average Bonchev–Trinajstić information content (AvgIpc) is 2.79. The molecule has 0 spiro atoms. The topological polar surface area (TPSA) is 120 Å². The number of aromatic nitrogens is 3. The Bertz CT molecular complexity index is 940. The molecule has 12 heteroatoms. The van der Waals surface area contributed by atoms with E-state index in [4.69, 9.17) is 0 Å². The highest BCUT2D eigenvalue weighted by Gasteiger charge is 2.31. The third-order valence-corrected chi connectivity index (χ3v) is 7.54. The summed E-state index contributed by atoms with van der Waals surface area (Å²) in [5, 5.41) is 9.86.